The predicted molar refractivity (Wildman–Crippen MR) is 72.0 cm³/mol. The van der Waals surface area contributed by atoms with Gasteiger partial charge in [0.05, 0.1) is 0 Å². The van der Waals surface area contributed by atoms with Gasteiger partial charge in [0.25, 0.3) is 5.91 Å². The Hall–Kier alpha value is -2.34. The van der Waals surface area contributed by atoms with Gasteiger partial charge in [-0.1, -0.05) is 48.5 Å². The average Bonchev–Trinajstić information content (AvgIpc) is 2.47. The van der Waals surface area contributed by atoms with Crippen LogP contribution in [-0.2, 0) is 0 Å². The Kier molecular flexibility index (Phi) is 4.28. The lowest BCUT2D eigenvalue weighted by molar-refractivity contribution is -0.179. The molecular formula is C15H13F3N2O. The summed E-state index contributed by atoms with van der Waals surface area (Å²) >= 11 is 0. The quantitative estimate of drug-likeness (QED) is 0.536. The van der Waals surface area contributed by atoms with E-state index in [0.717, 1.165) is 0 Å². The van der Waals surface area contributed by atoms with Crippen LogP contribution < -0.4 is 5.84 Å². The Morgan fingerprint density at radius 2 is 1.43 bits per heavy atom. The van der Waals surface area contributed by atoms with Crippen molar-refractivity contribution >= 4 is 5.91 Å². The zero-order valence-electron chi connectivity index (χ0n) is 10.9. The summed E-state index contributed by atoms with van der Waals surface area (Å²) in [5.74, 6) is 4.59. The molecule has 0 heterocycles. The Bertz CT molecular complexity index is 599. The maximum atomic E-state index is 13.3. The molecule has 2 aromatic carbocycles. The molecule has 1 amide bonds. The van der Waals surface area contributed by atoms with Crippen molar-refractivity contribution in [3.63, 3.8) is 0 Å². The van der Waals surface area contributed by atoms with E-state index in [4.69, 9.17) is 5.84 Å². The van der Waals surface area contributed by atoms with E-state index < -0.39 is 18.1 Å². The minimum Gasteiger partial charge on any atom is -0.268 e. The lowest BCUT2D eigenvalue weighted by Gasteiger charge is -2.29. The van der Waals surface area contributed by atoms with E-state index in [0.29, 0.717) is 0 Å². The zero-order chi connectivity index (χ0) is 15.5. The number of nitrogens with two attached hydrogens (primary N) is 1. The van der Waals surface area contributed by atoms with Gasteiger partial charge in [-0.15, -0.1) is 0 Å². The third-order valence-electron chi connectivity index (χ3n) is 2.96. The number of hydrogen-bond acceptors (Lipinski definition) is 2. The van der Waals surface area contributed by atoms with Crippen LogP contribution in [0.4, 0.5) is 13.2 Å². The van der Waals surface area contributed by atoms with Crippen LogP contribution in [0.5, 0.6) is 0 Å². The minimum atomic E-state index is -4.67. The molecule has 2 aromatic rings. The fraction of sp³-hybridized carbons (Fsp3) is 0.133. The van der Waals surface area contributed by atoms with E-state index in [-0.39, 0.29) is 16.1 Å². The maximum absolute atomic E-state index is 13.3. The number of carbonyl (C=O) groups excluding carboxylic acids is 1. The van der Waals surface area contributed by atoms with Gasteiger partial charge >= 0.3 is 6.18 Å². The topological polar surface area (TPSA) is 46.3 Å². The first-order valence-corrected chi connectivity index (χ1v) is 6.16. The molecule has 2 rings (SSSR count). The van der Waals surface area contributed by atoms with Gasteiger partial charge in [-0.25, -0.2) is 5.84 Å². The smallest absolute Gasteiger partial charge is 0.268 e. The molecule has 0 spiro atoms. The van der Waals surface area contributed by atoms with Crippen molar-refractivity contribution in [2.75, 3.05) is 0 Å². The first kappa shape index (κ1) is 15.1. The highest BCUT2D eigenvalue weighted by molar-refractivity contribution is 5.94. The zero-order valence-corrected chi connectivity index (χ0v) is 10.9. The summed E-state index contributed by atoms with van der Waals surface area (Å²) in [6.07, 6.45) is -4.67. The van der Waals surface area contributed by atoms with Crippen LogP contribution in [0.2, 0.25) is 0 Å². The highest BCUT2D eigenvalue weighted by Gasteiger charge is 2.46. The molecule has 0 aromatic heterocycles. The molecule has 2 N–H and O–H groups in total. The average molecular weight is 294 g/mol. The maximum Gasteiger partial charge on any atom is 0.414 e. The number of benzene rings is 2. The van der Waals surface area contributed by atoms with Crippen molar-refractivity contribution in [1.29, 1.82) is 0 Å². The van der Waals surface area contributed by atoms with Gasteiger partial charge in [-0.05, 0) is 17.7 Å². The monoisotopic (exact) mass is 294 g/mol. The van der Waals surface area contributed by atoms with E-state index in [2.05, 4.69) is 0 Å². The van der Waals surface area contributed by atoms with Gasteiger partial charge < -0.3 is 0 Å². The van der Waals surface area contributed by atoms with Crippen LogP contribution >= 0.6 is 0 Å². The summed E-state index contributed by atoms with van der Waals surface area (Å²) in [6.45, 7) is 0. The molecule has 0 bridgehead atoms. The van der Waals surface area contributed by atoms with Gasteiger partial charge in [0.1, 0.15) is 0 Å². The summed E-state index contributed by atoms with van der Waals surface area (Å²) in [6, 6.07) is 12.5. The molecule has 1 atom stereocenters. The number of rotatable bonds is 3. The molecule has 6 heteroatoms. The summed E-state index contributed by atoms with van der Waals surface area (Å²) < 4.78 is 39.8. The van der Waals surface area contributed by atoms with Gasteiger partial charge in [0.15, 0.2) is 6.04 Å². The second-order valence-corrected chi connectivity index (χ2v) is 4.43. The van der Waals surface area contributed by atoms with E-state index in [1.54, 1.807) is 24.3 Å². The number of nitrogens with zero attached hydrogens (tertiary/aromatic N) is 1. The standard InChI is InChI=1S/C15H13F3N2O/c16-15(17,18)13(11-7-3-1-4-8-11)20(19)14(21)12-9-5-2-6-10-12/h1-10,13H,19H2. The van der Waals surface area contributed by atoms with E-state index in [1.165, 1.54) is 36.4 Å². The summed E-state index contributed by atoms with van der Waals surface area (Å²) in [7, 11) is 0. The summed E-state index contributed by atoms with van der Waals surface area (Å²) in [5, 5.41) is 0.227. The van der Waals surface area contributed by atoms with Gasteiger partial charge in [-0.3, -0.25) is 9.80 Å². The van der Waals surface area contributed by atoms with E-state index in [9.17, 15) is 18.0 Å². The molecular weight excluding hydrogens is 281 g/mol. The first-order valence-electron chi connectivity index (χ1n) is 6.16. The second-order valence-electron chi connectivity index (χ2n) is 4.43. The fourth-order valence-electron chi connectivity index (χ4n) is 1.99. The third kappa shape index (κ3) is 3.41. The lowest BCUT2D eigenvalue weighted by atomic mass is 10.1. The van der Waals surface area contributed by atoms with Crippen molar-refractivity contribution in [1.82, 2.24) is 5.01 Å². The highest BCUT2D eigenvalue weighted by Crippen LogP contribution is 2.36. The number of alkyl halides is 3. The predicted octanol–water partition coefficient (Wildman–Crippen LogP) is 3.31. The van der Waals surface area contributed by atoms with Crippen molar-refractivity contribution < 1.29 is 18.0 Å². The molecule has 0 saturated heterocycles. The molecule has 3 nitrogen and oxygen atoms in total. The first-order chi connectivity index (χ1) is 9.91. The van der Waals surface area contributed by atoms with E-state index >= 15 is 0 Å². The van der Waals surface area contributed by atoms with Crippen molar-refractivity contribution in [2.24, 2.45) is 5.84 Å². The number of halogens is 3. The third-order valence-corrected chi connectivity index (χ3v) is 2.96. The van der Waals surface area contributed by atoms with Crippen LogP contribution in [0.15, 0.2) is 60.7 Å². The van der Waals surface area contributed by atoms with Gasteiger partial charge in [-0.2, -0.15) is 13.2 Å². The molecule has 0 radical (unpaired) electrons. The van der Waals surface area contributed by atoms with Crippen LogP contribution in [-0.4, -0.2) is 17.1 Å². The molecule has 110 valence electrons. The number of hydrazine groups is 1. The van der Waals surface area contributed by atoms with Crippen LogP contribution in [0, 0.1) is 0 Å². The minimum absolute atomic E-state index is 0.0863. The fourth-order valence-corrected chi connectivity index (χ4v) is 1.99. The Morgan fingerprint density at radius 1 is 0.952 bits per heavy atom. The van der Waals surface area contributed by atoms with Crippen LogP contribution in [0.1, 0.15) is 22.0 Å². The number of amides is 1. The molecule has 0 aliphatic heterocycles. The molecule has 0 fully saturated rings. The largest absolute Gasteiger partial charge is 0.414 e. The van der Waals surface area contributed by atoms with Gasteiger partial charge in [0, 0.05) is 5.56 Å². The summed E-state index contributed by atoms with van der Waals surface area (Å²) in [4.78, 5) is 12.1. The van der Waals surface area contributed by atoms with E-state index in [1.807, 2.05) is 0 Å². The van der Waals surface area contributed by atoms with Gasteiger partial charge in [0.2, 0.25) is 0 Å². The molecule has 0 aliphatic rings. The molecule has 21 heavy (non-hydrogen) atoms. The Morgan fingerprint density at radius 3 is 1.90 bits per heavy atom. The number of hydrogen-bond donors (Lipinski definition) is 1. The van der Waals surface area contributed by atoms with Crippen molar-refractivity contribution in [3.8, 4) is 0 Å². The Balaban J connectivity index is 2.36. The number of carbonyl (C=O) groups is 1. The summed E-state index contributed by atoms with van der Waals surface area (Å²) in [5.41, 5.74) is 0.0157. The second kappa shape index (κ2) is 5.97. The highest BCUT2D eigenvalue weighted by atomic mass is 19.4. The molecule has 0 saturated carbocycles. The molecule has 1 unspecified atom stereocenters. The van der Waals surface area contributed by atoms with Crippen LogP contribution in [0.25, 0.3) is 0 Å². The SMILES string of the molecule is NN(C(=O)c1ccccc1)C(c1ccccc1)C(F)(F)F. The Labute approximate surface area is 119 Å². The lowest BCUT2D eigenvalue weighted by Crippen LogP contribution is -2.46. The molecule has 0 aliphatic carbocycles. The van der Waals surface area contributed by atoms with Crippen LogP contribution in [0.3, 0.4) is 0 Å². The van der Waals surface area contributed by atoms with Crippen molar-refractivity contribution in [3.05, 3.63) is 71.8 Å². The normalized spacial score (nSPS) is 12.8. The van der Waals surface area contributed by atoms with Crippen molar-refractivity contribution in [2.45, 2.75) is 12.2 Å².